The second-order valence-electron chi connectivity index (χ2n) is 4.14. The first kappa shape index (κ1) is 13.3. The van der Waals surface area contributed by atoms with Crippen molar-refractivity contribution in [1.82, 2.24) is 0 Å². The van der Waals surface area contributed by atoms with Crippen molar-refractivity contribution in [2.75, 3.05) is 0 Å². The van der Waals surface area contributed by atoms with Crippen molar-refractivity contribution in [2.24, 2.45) is 0 Å². The van der Waals surface area contributed by atoms with Crippen LogP contribution in [0.4, 0.5) is 0 Å². The fourth-order valence-electron chi connectivity index (χ4n) is 1.47. The lowest BCUT2D eigenvalue weighted by atomic mass is 10.2. The molecule has 0 saturated heterocycles. The third kappa shape index (κ3) is 3.96. The highest BCUT2D eigenvalue weighted by atomic mass is 35.6. The lowest BCUT2D eigenvalue weighted by Gasteiger charge is -2.11. The van der Waals surface area contributed by atoms with E-state index in [1.807, 2.05) is 62.4 Å². The van der Waals surface area contributed by atoms with Crippen molar-refractivity contribution in [1.29, 1.82) is 0 Å². The van der Waals surface area contributed by atoms with Gasteiger partial charge in [0.15, 0.2) is 0 Å². The Morgan fingerprint density at radius 1 is 0.722 bits per heavy atom. The Labute approximate surface area is 116 Å². The predicted molar refractivity (Wildman–Crippen MR) is 75.2 cm³/mol. The molecule has 0 heterocycles. The predicted octanol–water partition coefficient (Wildman–Crippen LogP) is 3.98. The Morgan fingerprint density at radius 2 is 1.06 bits per heavy atom. The largest absolute Gasteiger partial charge is 0.999 e. The SMILES string of the molecule is Cc1ccc([O][Al]([Cl])[O]c2ccc(C)cc2)cc1. The highest BCUT2D eigenvalue weighted by Crippen LogP contribution is 2.17. The summed E-state index contributed by atoms with van der Waals surface area (Å²) < 4.78 is 11.2. The van der Waals surface area contributed by atoms with Gasteiger partial charge in [-0.15, -0.1) is 0 Å². The van der Waals surface area contributed by atoms with E-state index in [2.05, 4.69) is 0 Å². The Hall–Kier alpha value is -1.14. The van der Waals surface area contributed by atoms with Crippen LogP contribution in [0.5, 0.6) is 11.5 Å². The van der Waals surface area contributed by atoms with Gasteiger partial charge in [-0.2, -0.15) is 10.0 Å². The number of benzene rings is 2. The highest BCUT2D eigenvalue weighted by molar-refractivity contribution is 7.00. The standard InChI is InChI=1S/2C7H8O.Al.ClH/c2*1-6-2-4-7(8)5-3-6;;/h2*2-5,8H,1H3;;1H/q;;+3;/p-3. The molecule has 0 saturated carbocycles. The van der Waals surface area contributed by atoms with Crippen LogP contribution in [0.1, 0.15) is 11.1 Å². The third-order valence-corrected chi connectivity index (χ3v) is 3.95. The van der Waals surface area contributed by atoms with Crippen molar-refractivity contribution in [2.45, 2.75) is 13.8 Å². The number of hydrogen-bond donors (Lipinski definition) is 0. The molecule has 2 rings (SSSR count). The average Bonchev–Trinajstić information content (AvgIpc) is 2.35. The molecular weight excluding hydrogens is 263 g/mol. The van der Waals surface area contributed by atoms with Crippen LogP contribution in [0.3, 0.4) is 0 Å². The second-order valence-corrected chi connectivity index (χ2v) is 6.23. The van der Waals surface area contributed by atoms with E-state index in [1.54, 1.807) is 0 Å². The van der Waals surface area contributed by atoms with Gasteiger partial charge in [0.25, 0.3) is 0 Å². The minimum Gasteiger partial charge on any atom is -0.599 e. The van der Waals surface area contributed by atoms with Crippen molar-refractivity contribution < 1.29 is 7.58 Å². The van der Waals surface area contributed by atoms with Crippen LogP contribution in [0.2, 0.25) is 0 Å². The zero-order valence-corrected chi connectivity index (χ0v) is 12.3. The lowest BCUT2D eigenvalue weighted by Crippen LogP contribution is -2.23. The molecule has 0 fully saturated rings. The number of hydrogen-bond acceptors (Lipinski definition) is 2. The molecule has 0 amide bonds. The van der Waals surface area contributed by atoms with Gasteiger partial charge >= 0.3 is 13.9 Å². The highest BCUT2D eigenvalue weighted by Gasteiger charge is 2.30. The molecule has 0 aliphatic carbocycles. The van der Waals surface area contributed by atoms with Gasteiger partial charge in [-0.1, -0.05) is 35.4 Å². The maximum Gasteiger partial charge on any atom is 0.999 e. The number of aryl methyl sites for hydroxylation is 2. The summed E-state index contributed by atoms with van der Waals surface area (Å²) in [5, 5.41) is 0. The first-order valence-corrected chi connectivity index (χ1v) is 8.43. The minimum atomic E-state index is -2.21. The summed E-state index contributed by atoms with van der Waals surface area (Å²) in [6.45, 7) is 4.06. The molecular formula is C14H14AlClO2. The molecule has 2 nitrogen and oxygen atoms in total. The van der Waals surface area contributed by atoms with Gasteiger partial charge in [0.2, 0.25) is 0 Å². The molecule has 0 atom stereocenters. The Kier molecular flexibility index (Phi) is 4.55. The summed E-state index contributed by atoms with van der Waals surface area (Å²) in [6, 6.07) is 15.5. The van der Waals surface area contributed by atoms with Gasteiger partial charge in [0, 0.05) is 0 Å². The van der Waals surface area contributed by atoms with E-state index in [1.165, 1.54) is 11.1 Å². The van der Waals surface area contributed by atoms with Gasteiger partial charge < -0.3 is 7.58 Å². The monoisotopic (exact) mass is 276 g/mol. The van der Waals surface area contributed by atoms with Gasteiger partial charge in [-0.25, -0.2) is 0 Å². The fourth-order valence-corrected chi connectivity index (χ4v) is 2.88. The maximum atomic E-state index is 6.12. The maximum absolute atomic E-state index is 6.12. The third-order valence-electron chi connectivity index (χ3n) is 2.50. The molecule has 0 unspecified atom stereocenters. The van der Waals surface area contributed by atoms with E-state index in [0.717, 1.165) is 11.5 Å². The van der Waals surface area contributed by atoms with Crippen LogP contribution in [0.15, 0.2) is 48.5 Å². The minimum absolute atomic E-state index is 0.749. The van der Waals surface area contributed by atoms with Crippen molar-refractivity contribution in [3.8, 4) is 11.5 Å². The summed E-state index contributed by atoms with van der Waals surface area (Å²) in [7, 11) is 6.12. The van der Waals surface area contributed by atoms with E-state index in [0.29, 0.717) is 0 Å². The van der Waals surface area contributed by atoms with E-state index in [4.69, 9.17) is 17.6 Å². The first-order chi connectivity index (χ1) is 8.63. The molecule has 0 bridgehead atoms. The Bertz CT molecular complexity index is 449. The quantitative estimate of drug-likeness (QED) is 0.786. The number of halogens is 1. The van der Waals surface area contributed by atoms with Crippen LogP contribution in [0, 0.1) is 13.8 Å². The average molecular weight is 277 g/mol. The molecule has 92 valence electrons. The molecule has 18 heavy (non-hydrogen) atoms. The fraction of sp³-hybridized carbons (Fsp3) is 0.143. The van der Waals surface area contributed by atoms with Crippen LogP contribution >= 0.6 is 10.0 Å². The summed E-state index contributed by atoms with van der Waals surface area (Å²) in [4.78, 5) is 0. The smallest absolute Gasteiger partial charge is 0.599 e. The molecule has 0 N–H and O–H groups in total. The van der Waals surface area contributed by atoms with Gasteiger partial charge in [0.05, 0.1) is 11.5 Å². The van der Waals surface area contributed by atoms with Crippen LogP contribution in [0.25, 0.3) is 0 Å². The van der Waals surface area contributed by atoms with Gasteiger partial charge in [-0.3, -0.25) is 0 Å². The summed E-state index contributed by atoms with van der Waals surface area (Å²) in [6.07, 6.45) is 0. The summed E-state index contributed by atoms with van der Waals surface area (Å²) >= 11 is -2.21. The normalized spacial score (nSPS) is 9.94. The van der Waals surface area contributed by atoms with E-state index < -0.39 is 13.9 Å². The zero-order chi connectivity index (χ0) is 13.0. The van der Waals surface area contributed by atoms with Crippen molar-refractivity contribution in [3.63, 3.8) is 0 Å². The molecule has 4 heteroatoms. The Balaban J connectivity index is 1.94. The first-order valence-electron chi connectivity index (χ1n) is 5.74. The molecule has 0 spiro atoms. The van der Waals surface area contributed by atoms with Crippen LogP contribution < -0.4 is 7.58 Å². The van der Waals surface area contributed by atoms with Crippen molar-refractivity contribution in [3.05, 3.63) is 59.7 Å². The lowest BCUT2D eigenvalue weighted by molar-refractivity contribution is 0.448. The van der Waals surface area contributed by atoms with Gasteiger partial charge in [0.1, 0.15) is 0 Å². The van der Waals surface area contributed by atoms with Crippen LogP contribution in [-0.2, 0) is 0 Å². The van der Waals surface area contributed by atoms with Gasteiger partial charge in [-0.05, 0) is 38.1 Å². The molecule has 0 aliphatic rings. The molecule has 0 aliphatic heterocycles. The van der Waals surface area contributed by atoms with E-state index in [9.17, 15) is 0 Å². The second kappa shape index (κ2) is 6.15. The summed E-state index contributed by atoms with van der Waals surface area (Å²) in [5.74, 6) is 1.50. The van der Waals surface area contributed by atoms with Crippen LogP contribution in [-0.4, -0.2) is 13.9 Å². The Morgan fingerprint density at radius 3 is 1.39 bits per heavy atom. The molecule has 0 aromatic heterocycles. The topological polar surface area (TPSA) is 18.5 Å². The van der Waals surface area contributed by atoms with E-state index >= 15 is 0 Å². The number of rotatable bonds is 4. The molecule has 0 radical (unpaired) electrons. The van der Waals surface area contributed by atoms with E-state index in [-0.39, 0.29) is 0 Å². The zero-order valence-electron chi connectivity index (χ0n) is 10.4. The summed E-state index contributed by atoms with van der Waals surface area (Å²) in [5.41, 5.74) is 2.38. The van der Waals surface area contributed by atoms with Crippen molar-refractivity contribution >= 4 is 23.9 Å². The molecule has 2 aromatic carbocycles. The molecule has 2 aromatic rings.